The molecule has 8 nitrogen and oxygen atoms in total. The lowest BCUT2D eigenvalue weighted by molar-refractivity contribution is 0.600. The number of nitrogens with two attached hydrogens (primary N) is 1. The van der Waals surface area contributed by atoms with E-state index in [0.29, 0.717) is 5.69 Å². The second-order valence-electron chi connectivity index (χ2n) is 4.56. The topological polar surface area (TPSA) is 119 Å². The molecule has 0 aliphatic carbocycles. The summed E-state index contributed by atoms with van der Waals surface area (Å²) in [6, 6.07) is 1.67. The third-order valence-electron chi connectivity index (χ3n) is 2.96. The minimum Gasteiger partial charge on any atom is -0.381 e. The number of aryl methyl sites for hydroxylation is 2. The first-order valence-corrected chi connectivity index (χ1v) is 7.69. The van der Waals surface area contributed by atoms with Crippen molar-refractivity contribution >= 4 is 21.7 Å². The fourth-order valence-corrected chi connectivity index (χ4v) is 3.27. The van der Waals surface area contributed by atoms with Gasteiger partial charge in [0.2, 0.25) is 0 Å². The molecule has 4 N–H and O–H groups in total. The molecule has 0 spiro atoms. The molecule has 0 saturated heterocycles. The second kappa shape index (κ2) is 5.16. The van der Waals surface area contributed by atoms with Crippen molar-refractivity contribution in [2.45, 2.75) is 31.6 Å². The van der Waals surface area contributed by atoms with Gasteiger partial charge in [-0.2, -0.15) is 10.2 Å². The number of hydrogen-bond acceptors (Lipinski definition) is 5. The van der Waals surface area contributed by atoms with Gasteiger partial charge in [0, 0.05) is 18.8 Å². The zero-order chi connectivity index (χ0) is 14.9. The average Bonchev–Trinajstić information content (AvgIpc) is 2.85. The largest absolute Gasteiger partial charge is 0.381 e. The van der Waals surface area contributed by atoms with Crippen molar-refractivity contribution in [1.29, 1.82) is 0 Å². The van der Waals surface area contributed by atoms with Crippen molar-refractivity contribution in [2.75, 3.05) is 10.5 Å². The molecule has 0 unspecified atom stereocenters. The van der Waals surface area contributed by atoms with Crippen LogP contribution in [0.2, 0.25) is 0 Å². The number of sulfonamides is 1. The van der Waals surface area contributed by atoms with E-state index in [2.05, 4.69) is 20.0 Å². The highest BCUT2D eigenvalue weighted by Gasteiger charge is 2.25. The third kappa shape index (κ3) is 2.62. The zero-order valence-electron chi connectivity index (χ0n) is 11.6. The summed E-state index contributed by atoms with van der Waals surface area (Å²) >= 11 is 0. The van der Waals surface area contributed by atoms with Gasteiger partial charge < -0.3 is 5.73 Å². The summed E-state index contributed by atoms with van der Waals surface area (Å²) in [4.78, 5) is -0.0139. The standard InChI is InChI=1S/C11H18N6O2S/c1-4-5-8-6-9(14-13-8)16-20(18,19)10-7(2)17(3)15-11(10)12/h6H,4-5H2,1-3H3,(H2,12,15)(H2,13,14,16). The molecule has 2 rings (SSSR count). The summed E-state index contributed by atoms with van der Waals surface area (Å²) in [5.74, 6) is 0.220. The van der Waals surface area contributed by atoms with Crippen LogP contribution < -0.4 is 10.5 Å². The van der Waals surface area contributed by atoms with Gasteiger partial charge in [0.15, 0.2) is 16.5 Å². The average molecular weight is 298 g/mol. The van der Waals surface area contributed by atoms with E-state index in [-0.39, 0.29) is 16.5 Å². The SMILES string of the molecule is CCCc1cc(NS(=O)(=O)c2c(N)nn(C)c2C)n[nH]1. The Kier molecular flexibility index (Phi) is 3.71. The molecule has 0 atom stereocenters. The van der Waals surface area contributed by atoms with Gasteiger partial charge in [-0.1, -0.05) is 13.3 Å². The van der Waals surface area contributed by atoms with Crippen LogP contribution in [0.25, 0.3) is 0 Å². The zero-order valence-corrected chi connectivity index (χ0v) is 12.5. The summed E-state index contributed by atoms with van der Waals surface area (Å²) in [6.07, 6.45) is 1.76. The Morgan fingerprint density at radius 3 is 2.75 bits per heavy atom. The molecular formula is C11H18N6O2S. The number of hydrogen-bond donors (Lipinski definition) is 3. The van der Waals surface area contributed by atoms with Crippen molar-refractivity contribution in [3.8, 4) is 0 Å². The highest BCUT2D eigenvalue weighted by atomic mass is 32.2. The van der Waals surface area contributed by atoms with Crippen LogP contribution in [0.1, 0.15) is 24.7 Å². The molecule has 0 amide bonds. The summed E-state index contributed by atoms with van der Waals surface area (Å²) in [5, 5.41) is 10.6. The number of rotatable bonds is 5. The maximum Gasteiger partial charge on any atom is 0.268 e. The quantitative estimate of drug-likeness (QED) is 0.754. The van der Waals surface area contributed by atoms with Crippen LogP contribution in [0.15, 0.2) is 11.0 Å². The van der Waals surface area contributed by atoms with Crippen LogP contribution in [0.5, 0.6) is 0 Å². The lowest BCUT2D eigenvalue weighted by Crippen LogP contribution is -2.15. The third-order valence-corrected chi connectivity index (χ3v) is 4.48. The summed E-state index contributed by atoms with van der Waals surface area (Å²) in [6.45, 7) is 3.68. The molecule has 0 radical (unpaired) electrons. The minimum atomic E-state index is -3.80. The fourth-order valence-electron chi connectivity index (χ4n) is 1.95. The van der Waals surface area contributed by atoms with Gasteiger partial charge >= 0.3 is 0 Å². The Labute approximate surface area is 117 Å². The van der Waals surface area contributed by atoms with Gasteiger partial charge in [0.25, 0.3) is 10.0 Å². The van der Waals surface area contributed by atoms with E-state index in [1.54, 1.807) is 20.0 Å². The molecule has 0 fully saturated rings. The van der Waals surface area contributed by atoms with Crippen LogP contribution in [-0.4, -0.2) is 28.4 Å². The Balaban J connectivity index is 2.31. The molecular weight excluding hydrogens is 280 g/mol. The summed E-state index contributed by atoms with van der Waals surface area (Å²) in [5.41, 5.74) is 7.00. The number of nitrogens with one attached hydrogen (secondary N) is 2. The minimum absolute atomic E-state index is 0.0139. The Morgan fingerprint density at radius 2 is 2.20 bits per heavy atom. The molecule has 20 heavy (non-hydrogen) atoms. The lowest BCUT2D eigenvalue weighted by Gasteiger charge is -2.05. The molecule has 0 aliphatic heterocycles. The molecule has 2 aromatic rings. The van der Waals surface area contributed by atoms with Crippen molar-refractivity contribution in [3.63, 3.8) is 0 Å². The Morgan fingerprint density at radius 1 is 1.50 bits per heavy atom. The lowest BCUT2D eigenvalue weighted by atomic mass is 10.2. The van der Waals surface area contributed by atoms with Gasteiger partial charge in [0.05, 0.1) is 5.69 Å². The molecule has 110 valence electrons. The molecule has 2 heterocycles. The first-order chi connectivity index (χ1) is 9.35. The number of nitrogen functional groups attached to an aromatic ring is 1. The number of aromatic nitrogens is 4. The van der Waals surface area contributed by atoms with Crippen LogP contribution in [-0.2, 0) is 23.5 Å². The maximum absolute atomic E-state index is 12.3. The van der Waals surface area contributed by atoms with Crippen molar-refractivity contribution < 1.29 is 8.42 Å². The Bertz CT molecular complexity index is 715. The van der Waals surface area contributed by atoms with Crippen molar-refractivity contribution in [2.24, 2.45) is 7.05 Å². The molecule has 0 aromatic carbocycles. The first kappa shape index (κ1) is 14.4. The Hall–Kier alpha value is -2.03. The highest BCUT2D eigenvalue weighted by molar-refractivity contribution is 7.93. The van der Waals surface area contributed by atoms with E-state index in [4.69, 9.17) is 5.73 Å². The molecule has 0 bridgehead atoms. The van der Waals surface area contributed by atoms with E-state index < -0.39 is 10.0 Å². The number of nitrogens with zero attached hydrogens (tertiary/aromatic N) is 3. The molecule has 2 aromatic heterocycles. The normalized spacial score (nSPS) is 11.8. The predicted octanol–water partition coefficient (Wildman–Crippen LogP) is 0.787. The van der Waals surface area contributed by atoms with Gasteiger partial charge in [-0.15, -0.1) is 0 Å². The summed E-state index contributed by atoms with van der Waals surface area (Å²) < 4.78 is 28.5. The van der Waals surface area contributed by atoms with Crippen molar-refractivity contribution in [1.82, 2.24) is 20.0 Å². The smallest absolute Gasteiger partial charge is 0.268 e. The van der Waals surface area contributed by atoms with E-state index in [0.717, 1.165) is 18.5 Å². The second-order valence-corrected chi connectivity index (χ2v) is 6.18. The first-order valence-electron chi connectivity index (χ1n) is 6.21. The van der Waals surface area contributed by atoms with Gasteiger partial charge in [-0.3, -0.25) is 14.5 Å². The van der Waals surface area contributed by atoms with E-state index in [1.165, 1.54) is 4.68 Å². The summed E-state index contributed by atoms with van der Waals surface area (Å²) in [7, 11) is -2.16. The van der Waals surface area contributed by atoms with E-state index in [1.807, 2.05) is 6.92 Å². The van der Waals surface area contributed by atoms with Crippen LogP contribution in [0, 0.1) is 6.92 Å². The number of anilines is 2. The van der Waals surface area contributed by atoms with Crippen LogP contribution in [0.4, 0.5) is 11.6 Å². The highest BCUT2D eigenvalue weighted by Crippen LogP contribution is 2.23. The van der Waals surface area contributed by atoms with Gasteiger partial charge in [-0.05, 0) is 13.3 Å². The maximum atomic E-state index is 12.3. The van der Waals surface area contributed by atoms with Crippen LogP contribution in [0.3, 0.4) is 0 Å². The number of aromatic amines is 1. The molecule has 0 saturated carbocycles. The number of H-pyrrole nitrogens is 1. The van der Waals surface area contributed by atoms with Gasteiger partial charge in [0.1, 0.15) is 0 Å². The van der Waals surface area contributed by atoms with E-state index >= 15 is 0 Å². The molecule has 0 aliphatic rings. The predicted molar refractivity (Wildman–Crippen MR) is 75.7 cm³/mol. The van der Waals surface area contributed by atoms with Gasteiger partial charge in [-0.25, -0.2) is 8.42 Å². The van der Waals surface area contributed by atoms with E-state index in [9.17, 15) is 8.42 Å². The van der Waals surface area contributed by atoms with Crippen molar-refractivity contribution in [3.05, 3.63) is 17.5 Å². The fraction of sp³-hybridized carbons (Fsp3) is 0.455. The van der Waals surface area contributed by atoms with Crippen LogP contribution >= 0.6 is 0 Å². The molecule has 9 heteroatoms. The monoisotopic (exact) mass is 298 g/mol.